The zero-order valence-corrected chi connectivity index (χ0v) is 16.8. The van der Waals surface area contributed by atoms with Crippen molar-refractivity contribution in [1.29, 1.82) is 0 Å². The van der Waals surface area contributed by atoms with Gasteiger partial charge in [0.2, 0.25) is 5.91 Å². The number of piperazine rings is 1. The molecule has 0 radical (unpaired) electrons. The summed E-state index contributed by atoms with van der Waals surface area (Å²) in [5, 5.41) is 11.0. The number of benzene rings is 2. The summed E-state index contributed by atoms with van der Waals surface area (Å²) in [7, 11) is 0. The van der Waals surface area contributed by atoms with Crippen LogP contribution in [0, 0.1) is 17.0 Å². The molecule has 0 spiro atoms. The number of hydrogen-bond donors (Lipinski definition) is 2. The van der Waals surface area contributed by atoms with Crippen molar-refractivity contribution >= 4 is 23.2 Å². The molecular formula is C21H25N5O4. The van der Waals surface area contributed by atoms with Gasteiger partial charge in [0.1, 0.15) is 0 Å². The summed E-state index contributed by atoms with van der Waals surface area (Å²) in [5.41, 5.74) is 6.33. The van der Waals surface area contributed by atoms with Crippen LogP contribution in [0.15, 0.2) is 48.5 Å². The van der Waals surface area contributed by atoms with E-state index in [1.807, 2.05) is 18.2 Å². The first-order chi connectivity index (χ1) is 14.4. The Kier molecular flexibility index (Phi) is 6.97. The molecule has 2 amide bonds. The number of nitrogens with zero attached hydrogens (tertiary/aromatic N) is 3. The SMILES string of the molecule is Cc1ccc(C(=O)NNC(=O)CCN2CCN(c3ccccc3)CC2)cc1[N+](=O)[O-]. The van der Waals surface area contributed by atoms with E-state index < -0.39 is 10.8 Å². The average Bonchev–Trinajstić information content (AvgIpc) is 2.77. The number of para-hydroxylation sites is 1. The van der Waals surface area contributed by atoms with Crippen molar-refractivity contribution < 1.29 is 14.5 Å². The van der Waals surface area contributed by atoms with Crippen molar-refractivity contribution in [1.82, 2.24) is 15.8 Å². The van der Waals surface area contributed by atoms with E-state index in [4.69, 9.17) is 0 Å². The summed E-state index contributed by atoms with van der Waals surface area (Å²) in [6, 6.07) is 14.4. The van der Waals surface area contributed by atoms with Crippen LogP contribution in [0.2, 0.25) is 0 Å². The van der Waals surface area contributed by atoms with Gasteiger partial charge >= 0.3 is 0 Å². The van der Waals surface area contributed by atoms with Crippen LogP contribution >= 0.6 is 0 Å². The minimum atomic E-state index is -0.595. The quantitative estimate of drug-likeness (QED) is 0.555. The smallest absolute Gasteiger partial charge is 0.273 e. The van der Waals surface area contributed by atoms with E-state index >= 15 is 0 Å². The maximum Gasteiger partial charge on any atom is 0.273 e. The van der Waals surface area contributed by atoms with E-state index in [-0.39, 0.29) is 23.6 Å². The highest BCUT2D eigenvalue weighted by Crippen LogP contribution is 2.19. The van der Waals surface area contributed by atoms with Gasteiger partial charge in [0.25, 0.3) is 11.6 Å². The van der Waals surface area contributed by atoms with E-state index in [1.165, 1.54) is 23.9 Å². The van der Waals surface area contributed by atoms with Crippen LogP contribution in [0.25, 0.3) is 0 Å². The van der Waals surface area contributed by atoms with E-state index in [9.17, 15) is 19.7 Å². The fraction of sp³-hybridized carbons (Fsp3) is 0.333. The van der Waals surface area contributed by atoms with Gasteiger partial charge in [-0.15, -0.1) is 0 Å². The number of hydrogen-bond acceptors (Lipinski definition) is 6. The summed E-state index contributed by atoms with van der Waals surface area (Å²) in [6.45, 7) is 5.72. The Morgan fingerprint density at radius 2 is 1.73 bits per heavy atom. The minimum Gasteiger partial charge on any atom is -0.369 e. The molecule has 1 fully saturated rings. The van der Waals surface area contributed by atoms with Crippen molar-refractivity contribution in [3.05, 3.63) is 69.8 Å². The lowest BCUT2D eigenvalue weighted by atomic mass is 10.1. The maximum atomic E-state index is 12.1. The maximum absolute atomic E-state index is 12.1. The summed E-state index contributed by atoms with van der Waals surface area (Å²) in [4.78, 5) is 39.2. The van der Waals surface area contributed by atoms with Gasteiger partial charge in [-0.2, -0.15) is 0 Å². The largest absolute Gasteiger partial charge is 0.369 e. The molecule has 0 aromatic heterocycles. The third-order valence-corrected chi connectivity index (χ3v) is 5.13. The Morgan fingerprint density at radius 3 is 2.40 bits per heavy atom. The van der Waals surface area contributed by atoms with E-state index in [1.54, 1.807) is 6.92 Å². The highest BCUT2D eigenvalue weighted by molar-refractivity contribution is 5.96. The Balaban J connectivity index is 1.40. The fourth-order valence-corrected chi connectivity index (χ4v) is 3.34. The number of hydrazine groups is 1. The molecule has 2 N–H and O–H groups in total. The van der Waals surface area contributed by atoms with Gasteiger partial charge in [-0.1, -0.05) is 24.3 Å². The predicted octanol–water partition coefficient (Wildman–Crippen LogP) is 1.88. The molecule has 0 saturated carbocycles. The van der Waals surface area contributed by atoms with Crippen LogP contribution in [-0.4, -0.2) is 54.4 Å². The number of anilines is 1. The predicted molar refractivity (Wildman–Crippen MR) is 113 cm³/mol. The Morgan fingerprint density at radius 1 is 1.03 bits per heavy atom. The Bertz CT molecular complexity index is 911. The van der Waals surface area contributed by atoms with Crippen LogP contribution < -0.4 is 15.8 Å². The molecule has 2 aromatic rings. The van der Waals surface area contributed by atoms with E-state index in [0.29, 0.717) is 12.1 Å². The van der Waals surface area contributed by atoms with Crippen LogP contribution in [0.5, 0.6) is 0 Å². The van der Waals surface area contributed by atoms with Gasteiger partial charge in [0, 0.05) is 62.0 Å². The molecule has 30 heavy (non-hydrogen) atoms. The lowest BCUT2D eigenvalue weighted by molar-refractivity contribution is -0.385. The monoisotopic (exact) mass is 411 g/mol. The number of nitro benzene ring substituents is 1. The molecule has 158 valence electrons. The highest BCUT2D eigenvalue weighted by atomic mass is 16.6. The van der Waals surface area contributed by atoms with Crippen LogP contribution in [0.4, 0.5) is 11.4 Å². The summed E-state index contributed by atoms with van der Waals surface area (Å²) >= 11 is 0. The molecular weight excluding hydrogens is 386 g/mol. The zero-order valence-electron chi connectivity index (χ0n) is 16.8. The first kappa shape index (κ1) is 21.3. The molecule has 0 bridgehead atoms. The first-order valence-electron chi connectivity index (χ1n) is 9.80. The summed E-state index contributed by atoms with van der Waals surface area (Å²) in [6.07, 6.45) is 0.250. The Labute approximate surface area is 174 Å². The number of aryl methyl sites for hydroxylation is 1. The number of carbonyl (C=O) groups excluding carboxylic acids is 2. The molecule has 1 aliphatic heterocycles. The second-order valence-corrected chi connectivity index (χ2v) is 7.17. The van der Waals surface area contributed by atoms with Gasteiger partial charge < -0.3 is 4.90 Å². The van der Waals surface area contributed by atoms with Crippen molar-refractivity contribution in [3.63, 3.8) is 0 Å². The van der Waals surface area contributed by atoms with E-state index in [0.717, 1.165) is 26.2 Å². The van der Waals surface area contributed by atoms with Crippen molar-refractivity contribution in [2.75, 3.05) is 37.6 Å². The molecule has 2 aromatic carbocycles. The molecule has 9 heteroatoms. The van der Waals surface area contributed by atoms with Gasteiger partial charge in [-0.05, 0) is 25.1 Å². The lowest BCUT2D eigenvalue weighted by Gasteiger charge is -2.36. The number of amides is 2. The minimum absolute atomic E-state index is 0.115. The topological polar surface area (TPSA) is 108 Å². The number of carbonyl (C=O) groups is 2. The second kappa shape index (κ2) is 9.84. The third kappa shape index (κ3) is 5.54. The third-order valence-electron chi connectivity index (χ3n) is 5.13. The van der Waals surface area contributed by atoms with Gasteiger partial charge in [-0.25, -0.2) is 0 Å². The summed E-state index contributed by atoms with van der Waals surface area (Å²) < 4.78 is 0. The molecule has 1 saturated heterocycles. The van der Waals surface area contributed by atoms with Crippen molar-refractivity contribution in [3.8, 4) is 0 Å². The molecule has 0 atom stereocenters. The van der Waals surface area contributed by atoms with E-state index in [2.05, 4.69) is 32.8 Å². The zero-order chi connectivity index (χ0) is 21.5. The molecule has 0 aliphatic carbocycles. The molecule has 9 nitrogen and oxygen atoms in total. The van der Waals surface area contributed by atoms with Gasteiger partial charge in [0.05, 0.1) is 4.92 Å². The van der Waals surface area contributed by atoms with Crippen LogP contribution in [0.3, 0.4) is 0 Å². The molecule has 3 rings (SSSR count). The number of nitrogens with one attached hydrogen (secondary N) is 2. The fourth-order valence-electron chi connectivity index (χ4n) is 3.34. The molecule has 1 heterocycles. The van der Waals surface area contributed by atoms with Crippen LogP contribution in [0.1, 0.15) is 22.3 Å². The molecule has 0 unspecified atom stereocenters. The summed E-state index contributed by atoms with van der Waals surface area (Å²) in [5.74, 6) is -0.904. The number of rotatable bonds is 6. The second-order valence-electron chi connectivity index (χ2n) is 7.17. The average molecular weight is 411 g/mol. The lowest BCUT2D eigenvalue weighted by Crippen LogP contribution is -2.48. The molecule has 1 aliphatic rings. The van der Waals surface area contributed by atoms with Crippen molar-refractivity contribution in [2.24, 2.45) is 0 Å². The van der Waals surface area contributed by atoms with Crippen molar-refractivity contribution in [2.45, 2.75) is 13.3 Å². The number of nitro groups is 1. The van der Waals surface area contributed by atoms with Crippen LogP contribution in [-0.2, 0) is 4.79 Å². The Hall–Kier alpha value is -3.46. The standard InChI is InChI=1S/C21H25N5O4/c1-16-7-8-17(15-19(16)26(29)30)21(28)23-22-20(27)9-10-24-11-13-25(14-12-24)18-5-3-2-4-6-18/h2-8,15H,9-14H2,1H3,(H,22,27)(H,23,28). The first-order valence-corrected chi connectivity index (χ1v) is 9.80. The normalized spacial score (nSPS) is 14.2. The van der Waals surface area contributed by atoms with Gasteiger partial charge in [0.15, 0.2) is 0 Å². The highest BCUT2D eigenvalue weighted by Gasteiger charge is 2.18. The van der Waals surface area contributed by atoms with Gasteiger partial charge in [-0.3, -0.25) is 35.5 Å².